The molecule has 0 aliphatic rings. The third kappa shape index (κ3) is 4.84. The van der Waals surface area contributed by atoms with Gasteiger partial charge in [0.15, 0.2) is 0 Å². The molecule has 5 nitrogen and oxygen atoms in total. The Morgan fingerprint density at radius 1 is 1.41 bits per heavy atom. The van der Waals surface area contributed by atoms with Gasteiger partial charge in [-0.2, -0.15) is 0 Å². The average molecular weight is 238 g/mol. The summed E-state index contributed by atoms with van der Waals surface area (Å²) in [5, 5.41) is 2.71. The number of ether oxygens (including phenoxy) is 2. The Morgan fingerprint density at radius 2 is 2.06 bits per heavy atom. The molecule has 0 saturated heterocycles. The van der Waals surface area contributed by atoms with Gasteiger partial charge in [0, 0.05) is 12.2 Å². The minimum absolute atomic E-state index is 0.00436. The summed E-state index contributed by atoms with van der Waals surface area (Å²) in [5.74, 6) is 0.548. The molecule has 1 amide bonds. The van der Waals surface area contributed by atoms with Crippen LogP contribution in [0.5, 0.6) is 5.75 Å². The standard InChI is InChI=1S/C12H18N2O3/c1-9(7-13)17-8-12(15)14-10-3-5-11(16-2)6-4-10/h3-6,9H,7-8,13H2,1-2H3,(H,14,15). The normalized spacial score (nSPS) is 11.9. The van der Waals surface area contributed by atoms with E-state index in [1.165, 1.54) is 0 Å². The number of nitrogens with one attached hydrogen (secondary N) is 1. The number of methoxy groups -OCH3 is 1. The van der Waals surface area contributed by atoms with Gasteiger partial charge in [-0.05, 0) is 31.2 Å². The predicted octanol–water partition coefficient (Wildman–Crippen LogP) is 0.997. The highest BCUT2D eigenvalue weighted by Gasteiger charge is 2.05. The summed E-state index contributed by atoms with van der Waals surface area (Å²) in [6.45, 7) is 2.22. The van der Waals surface area contributed by atoms with Crippen LogP contribution in [-0.4, -0.2) is 32.3 Å². The molecule has 0 spiro atoms. The molecule has 5 heteroatoms. The summed E-state index contributed by atoms with van der Waals surface area (Å²) in [6, 6.07) is 7.09. The van der Waals surface area contributed by atoms with Crippen molar-refractivity contribution >= 4 is 11.6 Å². The molecule has 0 aliphatic heterocycles. The Morgan fingerprint density at radius 3 is 2.59 bits per heavy atom. The monoisotopic (exact) mass is 238 g/mol. The van der Waals surface area contributed by atoms with E-state index in [9.17, 15) is 4.79 Å². The SMILES string of the molecule is COc1ccc(NC(=O)COC(C)CN)cc1. The Hall–Kier alpha value is -1.59. The molecule has 17 heavy (non-hydrogen) atoms. The Bertz CT molecular complexity index is 351. The van der Waals surface area contributed by atoms with Crippen LogP contribution in [0.2, 0.25) is 0 Å². The lowest BCUT2D eigenvalue weighted by Gasteiger charge is -2.10. The summed E-state index contributed by atoms with van der Waals surface area (Å²) in [7, 11) is 1.59. The van der Waals surface area contributed by atoms with E-state index in [1.807, 2.05) is 6.92 Å². The van der Waals surface area contributed by atoms with Crippen LogP contribution in [0.1, 0.15) is 6.92 Å². The van der Waals surface area contributed by atoms with Crippen molar-refractivity contribution in [2.24, 2.45) is 5.73 Å². The van der Waals surface area contributed by atoms with Gasteiger partial charge in [0.05, 0.1) is 13.2 Å². The van der Waals surface area contributed by atoms with Gasteiger partial charge in [0.25, 0.3) is 0 Å². The lowest BCUT2D eigenvalue weighted by molar-refractivity contribution is -0.122. The van der Waals surface area contributed by atoms with Gasteiger partial charge in [0.1, 0.15) is 12.4 Å². The number of anilines is 1. The summed E-state index contributed by atoms with van der Waals surface area (Å²) in [4.78, 5) is 11.5. The fraction of sp³-hybridized carbons (Fsp3) is 0.417. The van der Waals surface area contributed by atoms with Gasteiger partial charge < -0.3 is 20.5 Å². The summed E-state index contributed by atoms with van der Waals surface area (Å²) in [5.41, 5.74) is 6.08. The first-order chi connectivity index (χ1) is 8.15. The van der Waals surface area contributed by atoms with Gasteiger partial charge in [-0.15, -0.1) is 0 Å². The molecule has 0 radical (unpaired) electrons. The van der Waals surface area contributed by atoms with Crippen molar-refractivity contribution in [3.8, 4) is 5.75 Å². The van der Waals surface area contributed by atoms with Gasteiger partial charge in [0.2, 0.25) is 5.91 Å². The highest BCUT2D eigenvalue weighted by molar-refractivity contribution is 5.91. The molecule has 0 heterocycles. The van der Waals surface area contributed by atoms with E-state index in [-0.39, 0.29) is 18.6 Å². The van der Waals surface area contributed by atoms with E-state index in [0.717, 1.165) is 5.75 Å². The second-order valence-electron chi connectivity index (χ2n) is 3.63. The number of hydrogen-bond donors (Lipinski definition) is 2. The highest BCUT2D eigenvalue weighted by Crippen LogP contribution is 2.14. The minimum atomic E-state index is -0.199. The third-order valence-corrected chi connectivity index (χ3v) is 2.20. The number of carbonyl (C=O) groups is 1. The lowest BCUT2D eigenvalue weighted by Crippen LogP contribution is -2.26. The first kappa shape index (κ1) is 13.5. The number of amides is 1. The van der Waals surface area contributed by atoms with Gasteiger partial charge in [-0.1, -0.05) is 0 Å². The van der Waals surface area contributed by atoms with E-state index in [1.54, 1.807) is 31.4 Å². The average Bonchev–Trinajstić information content (AvgIpc) is 2.36. The van der Waals surface area contributed by atoms with Gasteiger partial charge >= 0.3 is 0 Å². The van der Waals surface area contributed by atoms with Crippen LogP contribution in [0, 0.1) is 0 Å². The molecule has 3 N–H and O–H groups in total. The van der Waals surface area contributed by atoms with Crippen LogP contribution in [-0.2, 0) is 9.53 Å². The maximum absolute atomic E-state index is 11.5. The van der Waals surface area contributed by atoms with Crippen LogP contribution in [0.4, 0.5) is 5.69 Å². The molecule has 1 aromatic rings. The first-order valence-corrected chi connectivity index (χ1v) is 5.41. The summed E-state index contributed by atoms with van der Waals surface area (Å²) >= 11 is 0. The minimum Gasteiger partial charge on any atom is -0.497 e. The Labute approximate surface area is 101 Å². The number of rotatable bonds is 6. The molecule has 0 saturated carbocycles. The van der Waals surface area contributed by atoms with Gasteiger partial charge in [-0.25, -0.2) is 0 Å². The first-order valence-electron chi connectivity index (χ1n) is 5.41. The molecular formula is C12H18N2O3. The number of hydrogen-bond acceptors (Lipinski definition) is 4. The zero-order chi connectivity index (χ0) is 12.7. The summed E-state index contributed by atoms with van der Waals surface area (Å²) in [6.07, 6.45) is -0.114. The zero-order valence-electron chi connectivity index (χ0n) is 10.1. The molecule has 0 bridgehead atoms. The molecule has 0 aromatic heterocycles. The largest absolute Gasteiger partial charge is 0.497 e. The number of carbonyl (C=O) groups excluding carboxylic acids is 1. The topological polar surface area (TPSA) is 73.6 Å². The molecule has 1 rings (SSSR count). The fourth-order valence-electron chi connectivity index (χ4n) is 1.16. The fourth-order valence-corrected chi connectivity index (χ4v) is 1.16. The predicted molar refractivity (Wildman–Crippen MR) is 66.1 cm³/mol. The second kappa shape index (κ2) is 6.88. The van der Waals surface area contributed by atoms with Crippen molar-refractivity contribution in [2.75, 3.05) is 25.6 Å². The smallest absolute Gasteiger partial charge is 0.250 e. The Balaban J connectivity index is 2.39. The highest BCUT2D eigenvalue weighted by atomic mass is 16.5. The maximum atomic E-state index is 11.5. The second-order valence-corrected chi connectivity index (χ2v) is 3.63. The third-order valence-electron chi connectivity index (χ3n) is 2.20. The van der Waals surface area contributed by atoms with Crippen LogP contribution >= 0.6 is 0 Å². The maximum Gasteiger partial charge on any atom is 0.250 e. The quantitative estimate of drug-likeness (QED) is 0.775. The van der Waals surface area contributed by atoms with Crippen molar-refractivity contribution in [3.63, 3.8) is 0 Å². The van der Waals surface area contributed by atoms with E-state index in [2.05, 4.69) is 5.32 Å². The van der Waals surface area contributed by atoms with Crippen LogP contribution in [0.25, 0.3) is 0 Å². The number of benzene rings is 1. The molecule has 94 valence electrons. The molecule has 1 atom stereocenters. The molecule has 1 unspecified atom stereocenters. The molecule has 1 aromatic carbocycles. The molecule has 0 aliphatic carbocycles. The van der Waals surface area contributed by atoms with Crippen LogP contribution < -0.4 is 15.8 Å². The van der Waals surface area contributed by atoms with Gasteiger partial charge in [-0.3, -0.25) is 4.79 Å². The van der Waals surface area contributed by atoms with Crippen molar-refractivity contribution in [2.45, 2.75) is 13.0 Å². The lowest BCUT2D eigenvalue weighted by atomic mass is 10.3. The van der Waals surface area contributed by atoms with Crippen LogP contribution in [0.3, 0.4) is 0 Å². The van der Waals surface area contributed by atoms with Crippen molar-refractivity contribution in [1.82, 2.24) is 0 Å². The summed E-state index contributed by atoms with van der Waals surface area (Å²) < 4.78 is 10.2. The van der Waals surface area contributed by atoms with Crippen molar-refractivity contribution in [1.29, 1.82) is 0 Å². The molecular weight excluding hydrogens is 220 g/mol. The van der Waals surface area contributed by atoms with Crippen molar-refractivity contribution < 1.29 is 14.3 Å². The van der Waals surface area contributed by atoms with E-state index >= 15 is 0 Å². The van der Waals surface area contributed by atoms with E-state index in [0.29, 0.717) is 12.2 Å². The van der Waals surface area contributed by atoms with E-state index in [4.69, 9.17) is 15.2 Å². The Kier molecular flexibility index (Phi) is 5.45. The van der Waals surface area contributed by atoms with E-state index < -0.39 is 0 Å². The number of nitrogens with two attached hydrogens (primary N) is 1. The van der Waals surface area contributed by atoms with Crippen LogP contribution in [0.15, 0.2) is 24.3 Å². The zero-order valence-corrected chi connectivity index (χ0v) is 10.1. The van der Waals surface area contributed by atoms with Crippen molar-refractivity contribution in [3.05, 3.63) is 24.3 Å². The molecule has 0 fully saturated rings.